The summed E-state index contributed by atoms with van der Waals surface area (Å²) in [5.74, 6) is 0.380. The van der Waals surface area contributed by atoms with E-state index < -0.39 is 11.7 Å². The Bertz CT molecular complexity index is 396. The van der Waals surface area contributed by atoms with E-state index >= 15 is 0 Å². The molecule has 0 aliphatic carbocycles. The molecule has 1 aromatic heterocycles. The molecule has 0 amide bonds. The number of halogens is 3. The summed E-state index contributed by atoms with van der Waals surface area (Å²) in [7, 11) is 0. The van der Waals surface area contributed by atoms with Crippen LogP contribution in [0.25, 0.3) is 0 Å². The van der Waals surface area contributed by atoms with Gasteiger partial charge in [-0.15, -0.1) is 0 Å². The molecule has 1 heterocycles. The van der Waals surface area contributed by atoms with Gasteiger partial charge in [0.1, 0.15) is 11.6 Å². The molecular weight excluding hydrogens is 259 g/mol. The standard InChI is InChI=1S/C12H18F3N3O/c1-2-16-10-7-9(12(13,14)15)8-11(18-10)17-5-3-4-6-19/h7-8,19H,2-6H2,1H3,(H2,16,17,18). The fourth-order valence-corrected chi connectivity index (χ4v) is 1.51. The molecule has 1 rings (SSSR count). The van der Waals surface area contributed by atoms with Crippen LogP contribution in [0.5, 0.6) is 0 Å². The summed E-state index contributed by atoms with van der Waals surface area (Å²) < 4.78 is 38.1. The molecule has 0 aliphatic heterocycles. The van der Waals surface area contributed by atoms with Gasteiger partial charge in [-0.2, -0.15) is 13.2 Å². The molecular formula is C12H18F3N3O. The molecule has 0 aliphatic rings. The number of pyridine rings is 1. The van der Waals surface area contributed by atoms with Crippen LogP contribution in [0.3, 0.4) is 0 Å². The van der Waals surface area contributed by atoms with Crippen LogP contribution >= 0.6 is 0 Å². The van der Waals surface area contributed by atoms with Gasteiger partial charge in [0.25, 0.3) is 0 Å². The first-order valence-electron chi connectivity index (χ1n) is 6.15. The van der Waals surface area contributed by atoms with Crippen molar-refractivity contribution < 1.29 is 18.3 Å². The molecule has 0 saturated heterocycles. The van der Waals surface area contributed by atoms with Gasteiger partial charge in [0.2, 0.25) is 0 Å². The lowest BCUT2D eigenvalue weighted by molar-refractivity contribution is -0.137. The van der Waals surface area contributed by atoms with Crippen LogP contribution in [0.15, 0.2) is 12.1 Å². The van der Waals surface area contributed by atoms with Gasteiger partial charge in [-0.25, -0.2) is 4.98 Å². The minimum absolute atomic E-state index is 0.0698. The number of nitrogens with one attached hydrogen (secondary N) is 2. The van der Waals surface area contributed by atoms with Gasteiger partial charge in [0.15, 0.2) is 0 Å². The quantitative estimate of drug-likeness (QED) is 0.671. The third-order valence-electron chi connectivity index (χ3n) is 2.40. The zero-order chi connectivity index (χ0) is 14.3. The number of nitrogens with zero attached hydrogens (tertiary/aromatic N) is 1. The maximum absolute atomic E-state index is 12.7. The molecule has 0 aromatic carbocycles. The summed E-state index contributed by atoms with van der Waals surface area (Å²) >= 11 is 0. The van der Waals surface area contributed by atoms with E-state index in [4.69, 9.17) is 5.11 Å². The van der Waals surface area contributed by atoms with Crippen molar-refractivity contribution in [2.45, 2.75) is 25.9 Å². The summed E-state index contributed by atoms with van der Waals surface area (Å²) in [6, 6.07) is 1.97. The van der Waals surface area contributed by atoms with Crippen LogP contribution < -0.4 is 10.6 Å². The van der Waals surface area contributed by atoms with Crippen molar-refractivity contribution in [3.8, 4) is 0 Å². The van der Waals surface area contributed by atoms with Crippen LogP contribution in [0.1, 0.15) is 25.3 Å². The third-order valence-corrected chi connectivity index (χ3v) is 2.40. The first kappa shape index (κ1) is 15.6. The minimum Gasteiger partial charge on any atom is -0.396 e. The Morgan fingerprint density at radius 3 is 2.32 bits per heavy atom. The monoisotopic (exact) mass is 277 g/mol. The zero-order valence-corrected chi connectivity index (χ0v) is 10.7. The Morgan fingerprint density at radius 2 is 1.79 bits per heavy atom. The molecule has 0 bridgehead atoms. The van der Waals surface area contributed by atoms with E-state index in [1.165, 1.54) is 0 Å². The fourth-order valence-electron chi connectivity index (χ4n) is 1.51. The van der Waals surface area contributed by atoms with Crippen molar-refractivity contribution in [2.75, 3.05) is 30.3 Å². The van der Waals surface area contributed by atoms with Gasteiger partial charge in [-0.1, -0.05) is 0 Å². The molecule has 0 spiro atoms. The van der Waals surface area contributed by atoms with E-state index in [1.54, 1.807) is 6.92 Å². The SMILES string of the molecule is CCNc1cc(C(F)(F)F)cc(NCCCCO)n1. The fraction of sp³-hybridized carbons (Fsp3) is 0.583. The second-order valence-electron chi connectivity index (χ2n) is 4.01. The largest absolute Gasteiger partial charge is 0.416 e. The summed E-state index contributed by atoms with van der Waals surface area (Å²) in [4.78, 5) is 4.05. The predicted molar refractivity (Wildman–Crippen MR) is 68.2 cm³/mol. The van der Waals surface area contributed by atoms with Gasteiger partial charge < -0.3 is 15.7 Å². The first-order valence-corrected chi connectivity index (χ1v) is 6.15. The van der Waals surface area contributed by atoms with E-state index in [0.717, 1.165) is 12.1 Å². The van der Waals surface area contributed by atoms with E-state index in [9.17, 15) is 13.2 Å². The Labute approximate surface area is 110 Å². The highest BCUT2D eigenvalue weighted by Crippen LogP contribution is 2.32. The molecule has 108 valence electrons. The lowest BCUT2D eigenvalue weighted by Gasteiger charge is -2.13. The summed E-state index contributed by atoms with van der Waals surface area (Å²) in [5, 5.41) is 14.2. The molecule has 3 N–H and O–H groups in total. The molecule has 4 nitrogen and oxygen atoms in total. The number of unbranched alkanes of at least 4 members (excludes halogenated alkanes) is 1. The maximum atomic E-state index is 12.7. The highest BCUT2D eigenvalue weighted by Gasteiger charge is 2.31. The van der Waals surface area contributed by atoms with Gasteiger partial charge in [0.05, 0.1) is 5.56 Å². The number of alkyl halides is 3. The maximum Gasteiger partial charge on any atom is 0.416 e. The zero-order valence-electron chi connectivity index (χ0n) is 10.7. The number of anilines is 2. The molecule has 0 saturated carbocycles. The average molecular weight is 277 g/mol. The lowest BCUT2D eigenvalue weighted by Crippen LogP contribution is -2.11. The van der Waals surface area contributed by atoms with Crippen LogP contribution in [-0.4, -0.2) is 29.8 Å². The molecule has 0 fully saturated rings. The van der Waals surface area contributed by atoms with Crippen molar-refractivity contribution >= 4 is 11.6 Å². The Balaban J connectivity index is 2.81. The van der Waals surface area contributed by atoms with Crippen LogP contribution in [0.2, 0.25) is 0 Å². The molecule has 19 heavy (non-hydrogen) atoms. The number of hydrogen-bond donors (Lipinski definition) is 3. The molecule has 0 radical (unpaired) electrons. The molecule has 7 heteroatoms. The highest BCUT2D eigenvalue weighted by atomic mass is 19.4. The van der Waals surface area contributed by atoms with Gasteiger partial charge in [-0.3, -0.25) is 0 Å². The van der Waals surface area contributed by atoms with Crippen molar-refractivity contribution in [3.05, 3.63) is 17.7 Å². The normalized spacial score (nSPS) is 11.4. The molecule has 1 aromatic rings. The van der Waals surface area contributed by atoms with E-state index in [-0.39, 0.29) is 18.2 Å². The summed E-state index contributed by atoms with van der Waals surface area (Å²) in [5.41, 5.74) is -0.733. The summed E-state index contributed by atoms with van der Waals surface area (Å²) in [6.45, 7) is 2.83. The molecule has 0 atom stereocenters. The van der Waals surface area contributed by atoms with Crippen molar-refractivity contribution in [2.24, 2.45) is 0 Å². The topological polar surface area (TPSA) is 57.2 Å². The van der Waals surface area contributed by atoms with E-state index in [2.05, 4.69) is 15.6 Å². The Morgan fingerprint density at radius 1 is 1.16 bits per heavy atom. The number of rotatable bonds is 7. The third kappa shape index (κ3) is 5.34. The van der Waals surface area contributed by atoms with E-state index in [1.807, 2.05) is 0 Å². The predicted octanol–water partition coefficient (Wildman–Crippen LogP) is 2.72. The number of hydrogen-bond acceptors (Lipinski definition) is 4. The van der Waals surface area contributed by atoms with Crippen molar-refractivity contribution in [1.29, 1.82) is 0 Å². The van der Waals surface area contributed by atoms with Gasteiger partial charge in [0, 0.05) is 19.7 Å². The second-order valence-corrected chi connectivity index (χ2v) is 4.01. The molecule has 0 unspecified atom stereocenters. The van der Waals surface area contributed by atoms with Crippen molar-refractivity contribution in [3.63, 3.8) is 0 Å². The Hall–Kier alpha value is -1.50. The second kappa shape index (κ2) is 7.18. The smallest absolute Gasteiger partial charge is 0.396 e. The number of aliphatic hydroxyl groups excluding tert-OH is 1. The van der Waals surface area contributed by atoms with Gasteiger partial charge in [-0.05, 0) is 31.9 Å². The average Bonchev–Trinajstić information content (AvgIpc) is 2.34. The van der Waals surface area contributed by atoms with Crippen LogP contribution in [0, 0.1) is 0 Å². The lowest BCUT2D eigenvalue weighted by atomic mass is 10.2. The van der Waals surface area contributed by atoms with Crippen molar-refractivity contribution in [1.82, 2.24) is 4.98 Å². The van der Waals surface area contributed by atoms with Gasteiger partial charge >= 0.3 is 6.18 Å². The number of aliphatic hydroxyl groups is 1. The van der Waals surface area contributed by atoms with Crippen LogP contribution in [-0.2, 0) is 6.18 Å². The van der Waals surface area contributed by atoms with E-state index in [0.29, 0.717) is 25.9 Å². The highest BCUT2D eigenvalue weighted by molar-refractivity contribution is 5.49. The number of aromatic nitrogens is 1. The first-order chi connectivity index (χ1) is 8.97. The minimum atomic E-state index is -4.39. The van der Waals surface area contributed by atoms with Crippen LogP contribution in [0.4, 0.5) is 24.8 Å². The summed E-state index contributed by atoms with van der Waals surface area (Å²) in [6.07, 6.45) is -3.12. The Kier molecular flexibility index (Phi) is 5.88.